The first kappa shape index (κ1) is 17.0. The van der Waals surface area contributed by atoms with Gasteiger partial charge in [-0.3, -0.25) is 0 Å². The predicted molar refractivity (Wildman–Crippen MR) is 96.5 cm³/mol. The van der Waals surface area contributed by atoms with E-state index in [1.165, 1.54) is 43.5 Å². The van der Waals surface area contributed by atoms with Crippen LogP contribution in [0.4, 0.5) is 0 Å². The first-order valence-electron chi connectivity index (χ1n) is 9.12. The molecule has 3 rings (SSSR count). The van der Waals surface area contributed by atoms with Crippen molar-refractivity contribution < 1.29 is 9.26 Å². The van der Waals surface area contributed by atoms with Crippen molar-refractivity contribution in [1.29, 1.82) is 0 Å². The molecule has 2 aromatic rings. The molecule has 1 unspecified atom stereocenters. The molecule has 4 nitrogen and oxygen atoms in total. The zero-order valence-electron chi connectivity index (χ0n) is 15.0. The quantitative estimate of drug-likeness (QED) is 0.758. The standard InChI is InChI=1S/C20H28N2O2/c1-4-11-22(12-5-2)16-10-9-15-7-6-8-17(18(15)13-16)20-19(23-3)14-21-24-20/h6-8,14,16H,4-5,9-13H2,1-3H3. The van der Waals surface area contributed by atoms with E-state index in [-0.39, 0.29) is 0 Å². The number of nitrogens with zero attached hydrogens (tertiary/aromatic N) is 2. The molecule has 1 aromatic carbocycles. The lowest BCUT2D eigenvalue weighted by atomic mass is 9.84. The highest BCUT2D eigenvalue weighted by Crippen LogP contribution is 2.37. The van der Waals surface area contributed by atoms with Crippen LogP contribution in [0.15, 0.2) is 28.9 Å². The number of hydrogen-bond donors (Lipinski definition) is 0. The molecule has 1 aromatic heterocycles. The number of aromatic nitrogens is 1. The van der Waals surface area contributed by atoms with Gasteiger partial charge >= 0.3 is 0 Å². The van der Waals surface area contributed by atoms with Crippen LogP contribution in [0.2, 0.25) is 0 Å². The van der Waals surface area contributed by atoms with Crippen LogP contribution in [0, 0.1) is 0 Å². The van der Waals surface area contributed by atoms with Crippen LogP contribution in [-0.2, 0) is 12.8 Å². The van der Waals surface area contributed by atoms with Gasteiger partial charge in [0.15, 0.2) is 5.75 Å². The Hall–Kier alpha value is -1.81. The first-order valence-corrected chi connectivity index (χ1v) is 9.12. The van der Waals surface area contributed by atoms with Crippen LogP contribution >= 0.6 is 0 Å². The van der Waals surface area contributed by atoms with Crippen LogP contribution in [0.3, 0.4) is 0 Å². The third kappa shape index (κ3) is 3.34. The summed E-state index contributed by atoms with van der Waals surface area (Å²) >= 11 is 0. The van der Waals surface area contributed by atoms with Gasteiger partial charge < -0.3 is 14.2 Å². The van der Waals surface area contributed by atoms with Crippen molar-refractivity contribution in [3.63, 3.8) is 0 Å². The number of aryl methyl sites for hydroxylation is 1. The van der Waals surface area contributed by atoms with Crippen molar-refractivity contribution in [2.24, 2.45) is 0 Å². The van der Waals surface area contributed by atoms with Crippen LogP contribution in [0.5, 0.6) is 5.75 Å². The molecule has 0 saturated heterocycles. The van der Waals surface area contributed by atoms with E-state index in [4.69, 9.17) is 9.26 Å². The van der Waals surface area contributed by atoms with Gasteiger partial charge in [0.25, 0.3) is 0 Å². The van der Waals surface area contributed by atoms with Gasteiger partial charge in [-0.2, -0.15) is 0 Å². The molecule has 0 spiro atoms. The van der Waals surface area contributed by atoms with E-state index < -0.39 is 0 Å². The molecule has 1 aliphatic rings. The Kier molecular flexibility index (Phi) is 5.56. The second-order valence-corrected chi connectivity index (χ2v) is 6.60. The van der Waals surface area contributed by atoms with Crippen molar-refractivity contribution in [3.05, 3.63) is 35.5 Å². The van der Waals surface area contributed by atoms with E-state index in [1.807, 2.05) is 0 Å². The van der Waals surface area contributed by atoms with Gasteiger partial charge in [0, 0.05) is 11.6 Å². The summed E-state index contributed by atoms with van der Waals surface area (Å²) in [6, 6.07) is 7.12. The van der Waals surface area contributed by atoms with Crippen LogP contribution < -0.4 is 4.74 Å². The fraction of sp³-hybridized carbons (Fsp3) is 0.550. The molecular weight excluding hydrogens is 300 g/mol. The second kappa shape index (κ2) is 7.84. The molecule has 0 aliphatic heterocycles. The molecule has 0 N–H and O–H groups in total. The SMILES string of the molecule is CCCN(CCC)C1CCc2cccc(-c3oncc3OC)c2C1. The van der Waals surface area contributed by atoms with Gasteiger partial charge in [0.2, 0.25) is 5.76 Å². The van der Waals surface area contributed by atoms with Gasteiger partial charge in [-0.1, -0.05) is 37.2 Å². The molecule has 1 atom stereocenters. The van der Waals surface area contributed by atoms with Crippen LogP contribution in [0.25, 0.3) is 11.3 Å². The second-order valence-electron chi connectivity index (χ2n) is 6.60. The average Bonchev–Trinajstić information content (AvgIpc) is 3.09. The van der Waals surface area contributed by atoms with Crippen LogP contribution in [0.1, 0.15) is 44.2 Å². The zero-order chi connectivity index (χ0) is 16.9. The third-order valence-corrected chi connectivity index (χ3v) is 5.00. The molecule has 0 saturated carbocycles. The zero-order valence-corrected chi connectivity index (χ0v) is 15.0. The highest BCUT2D eigenvalue weighted by atomic mass is 16.5. The van der Waals surface area contributed by atoms with Gasteiger partial charge in [-0.15, -0.1) is 0 Å². The third-order valence-electron chi connectivity index (χ3n) is 5.00. The van der Waals surface area contributed by atoms with Crippen molar-refractivity contribution in [3.8, 4) is 17.1 Å². The highest BCUT2D eigenvalue weighted by Gasteiger charge is 2.27. The summed E-state index contributed by atoms with van der Waals surface area (Å²) in [5.74, 6) is 1.47. The van der Waals surface area contributed by atoms with E-state index in [0.717, 1.165) is 24.2 Å². The van der Waals surface area contributed by atoms with Gasteiger partial charge in [-0.05, 0) is 56.3 Å². The highest BCUT2D eigenvalue weighted by molar-refractivity contribution is 5.69. The molecule has 0 bridgehead atoms. The lowest BCUT2D eigenvalue weighted by Gasteiger charge is -2.35. The molecular formula is C20H28N2O2. The normalized spacial score (nSPS) is 17.1. The van der Waals surface area contributed by atoms with Gasteiger partial charge in [0.05, 0.1) is 7.11 Å². The summed E-state index contributed by atoms with van der Waals surface area (Å²) in [4.78, 5) is 2.66. The number of fused-ring (bicyclic) bond motifs is 1. The summed E-state index contributed by atoms with van der Waals surface area (Å²) in [6.45, 7) is 6.90. The monoisotopic (exact) mass is 328 g/mol. The summed E-state index contributed by atoms with van der Waals surface area (Å²) in [6.07, 6.45) is 7.52. The van der Waals surface area contributed by atoms with Gasteiger partial charge in [0.1, 0.15) is 6.20 Å². The Morgan fingerprint density at radius 3 is 2.75 bits per heavy atom. The minimum absolute atomic E-state index is 0.618. The average molecular weight is 328 g/mol. The number of benzene rings is 1. The maximum absolute atomic E-state index is 5.51. The van der Waals surface area contributed by atoms with E-state index >= 15 is 0 Å². The Labute approximate surface area is 144 Å². The Bertz CT molecular complexity index is 659. The Balaban J connectivity index is 1.92. The summed E-state index contributed by atoms with van der Waals surface area (Å²) < 4.78 is 10.9. The van der Waals surface area contributed by atoms with Gasteiger partial charge in [-0.25, -0.2) is 0 Å². The smallest absolute Gasteiger partial charge is 0.208 e. The van der Waals surface area contributed by atoms with Crippen molar-refractivity contribution in [2.75, 3.05) is 20.2 Å². The molecule has 130 valence electrons. The van der Waals surface area contributed by atoms with Crippen molar-refractivity contribution in [2.45, 2.75) is 52.0 Å². The Morgan fingerprint density at radius 1 is 1.25 bits per heavy atom. The molecule has 0 amide bonds. The largest absolute Gasteiger partial charge is 0.491 e. The number of methoxy groups -OCH3 is 1. The fourth-order valence-electron chi connectivity index (χ4n) is 3.90. The number of ether oxygens (including phenoxy) is 1. The molecule has 4 heteroatoms. The lowest BCUT2D eigenvalue weighted by Crippen LogP contribution is -2.40. The molecule has 1 aliphatic carbocycles. The molecule has 24 heavy (non-hydrogen) atoms. The number of rotatable bonds is 7. The van der Waals surface area contributed by atoms with E-state index in [2.05, 4.69) is 42.1 Å². The summed E-state index contributed by atoms with van der Waals surface area (Å²) in [5.41, 5.74) is 3.98. The maximum Gasteiger partial charge on any atom is 0.208 e. The van der Waals surface area contributed by atoms with Crippen LogP contribution in [-0.4, -0.2) is 36.3 Å². The first-order chi connectivity index (χ1) is 11.8. The minimum Gasteiger partial charge on any atom is -0.491 e. The topological polar surface area (TPSA) is 38.5 Å². The summed E-state index contributed by atoms with van der Waals surface area (Å²) in [7, 11) is 1.67. The lowest BCUT2D eigenvalue weighted by molar-refractivity contribution is 0.180. The van der Waals surface area contributed by atoms with E-state index in [1.54, 1.807) is 13.3 Å². The number of hydrogen-bond acceptors (Lipinski definition) is 4. The Morgan fingerprint density at radius 2 is 2.04 bits per heavy atom. The van der Waals surface area contributed by atoms with Crippen molar-refractivity contribution in [1.82, 2.24) is 10.1 Å². The predicted octanol–water partition coefficient (Wildman–Crippen LogP) is 4.33. The molecule has 0 fully saturated rings. The van der Waals surface area contributed by atoms with E-state index in [0.29, 0.717) is 11.8 Å². The van der Waals surface area contributed by atoms with Crippen molar-refractivity contribution >= 4 is 0 Å². The molecule has 1 heterocycles. The maximum atomic E-state index is 5.51. The summed E-state index contributed by atoms with van der Waals surface area (Å²) in [5, 5.41) is 3.92. The minimum atomic E-state index is 0.618. The molecule has 0 radical (unpaired) electrons. The fourth-order valence-corrected chi connectivity index (χ4v) is 3.90. The van der Waals surface area contributed by atoms with E-state index in [9.17, 15) is 0 Å².